The van der Waals surface area contributed by atoms with E-state index in [2.05, 4.69) is 0 Å². The lowest BCUT2D eigenvalue weighted by molar-refractivity contribution is -0.128. The topological polar surface area (TPSA) is 57.7 Å². The Labute approximate surface area is 153 Å². The van der Waals surface area contributed by atoms with Crippen LogP contribution in [0.5, 0.6) is 0 Å². The number of hydrogen-bond donors (Lipinski definition) is 0. The van der Waals surface area contributed by atoms with Crippen molar-refractivity contribution in [2.24, 2.45) is 0 Å². The molecule has 2 rings (SSSR count). The Kier molecular flexibility index (Phi) is 6.08. The predicted molar refractivity (Wildman–Crippen MR) is 101 cm³/mol. The first-order valence-electron chi connectivity index (χ1n) is 7.70. The second-order valence-corrected chi connectivity index (χ2v) is 8.25. The zero-order valence-corrected chi connectivity index (χ0v) is 16.0. The maximum Gasteiger partial charge on any atom is 0.243 e. The molecule has 2 aromatic rings. The molecule has 0 radical (unpaired) electrons. The van der Waals surface area contributed by atoms with Crippen LogP contribution in [-0.4, -0.2) is 39.1 Å². The number of benzene rings is 2. The molecule has 0 fully saturated rings. The van der Waals surface area contributed by atoms with E-state index in [0.29, 0.717) is 17.3 Å². The molecular weight excluding hydrogens is 360 g/mol. The molecule has 5 nitrogen and oxygen atoms in total. The molecule has 0 N–H and O–H groups in total. The minimum absolute atomic E-state index is 0.276. The van der Waals surface area contributed by atoms with E-state index in [0.717, 1.165) is 21.7 Å². The van der Waals surface area contributed by atoms with Crippen LogP contribution in [-0.2, 0) is 21.4 Å². The van der Waals surface area contributed by atoms with Gasteiger partial charge in [-0.15, -0.1) is 0 Å². The van der Waals surface area contributed by atoms with Crippen molar-refractivity contribution in [3.8, 4) is 0 Å². The highest BCUT2D eigenvalue weighted by Gasteiger charge is 2.23. The van der Waals surface area contributed by atoms with Crippen molar-refractivity contribution in [3.63, 3.8) is 0 Å². The van der Waals surface area contributed by atoms with Crippen LogP contribution < -0.4 is 4.31 Å². The minimum Gasteiger partial charge on any atom is -0.340 e. The fraction of sp³-hybridized carbons (Fsp3) is 0.278. The summed E-state index contributed by atoms with van der Waals surface area (Å²) in [6.45, 7) is 1.96. The first-order chi connectivity index (χ1) is 11.7. The van der Waals surface area contributed by atoms with Crippen LogP contribution in [0.25, 0.3) is 0 Å². The summed E-state index contributed by atoms with van der Waals surface area (Å²) in [6.07, 6.45) is 1.07. The smallest absolute Gasteiger partial charge is 0.243 e. The fourth-order valence-corrected chi connectivity index (χ4v) is 3.34. The summed E-state index contributed by atoms with van der Waals surface area (Å²) in [7, 11) is -1.97. The van der Waals surface area contributed by atoms with Gasteiger partial charge in [0.1, 0.15) is 6.54 Å². The molecule has 0 bridgehead atoms. The molecule has 0 aromatic heterocycles. The molecule has 0 spiro atoms. The van der Waals surface area contributed by atoms with Crippen molar-refractivity contribution in [2.45, 2.75) is 13.5 Å². The van der Waals surface area contributed by atoms with Gasteiger partial charge in [0.2, 0.25) is 15.9 Å². The Balaban J connectivity index is 2.19. The van der Waals surface area contributed by atoms with Gasteiger partial charge in [-0.25, -0.2) is 8.42 Å². The van der Waals surface area contributed by atoms with Crippen molar-refractivity contribution in [3.05, 3.63) is 64.7 Å². The lowest BCUT2D eigenvalue weighted by Gasteiger charge is -2.25. The normalized spacial score (nSPS) is 11.2. The summed E-state index contributed by atoms with van der Waals surface area (Å²) < 4.78 is 25.4. The van der Waals surface area contributed by atoms with Crippen molar-refractivity contribution in [1.82, 2.24) is 4.90 Å². The number of carbonyl (C=O) groups is 1. The maximum atomic E-state index is 12.5. The zero-order chi connectivity index (χ0) is 18.6. The van der Waals surface area contributed by atoms with Crippen LogP contribution >= 0.6 is 11.6 Å². The Morgan fingerprint density at radius 2 is 1.76 bits per heavy atom. The van der Waals surface area contributed by atoms with Crippen LogP contribution in [0.1, 0.15) is 11.1 Å². The molecule has 0 heterocycles. The lowest BCUT2D eigenvalue weighted by atomic mass is 10.2. The number of nitrogens with zero attached hydrogens (tertiary/aromatic N) is 2. The van der Waals surface area contributed by atoms with Crippen LogP contribution in [0.2, 0.25) is 5.02 Å². The van der Waals surface area contributed by atoms with Crippen molar-refractivity contribution in [2.75, 3.05) is 24.2 Å². The summed E-state index contributed by atoms with van der Waals surface area (Å²) in [5, 5.41) is 0.455. The van der Waals surface area contributed by atoms with Gasteiger partial charge in [-0.3, -0.25) is 9.10 Å². The Morgan fingerprint density at radius 1 is 1.12 bits per heavy atom. The number of anilines is 1. The molecular formula is C18H21ClN2O3S. The molecule has 25 heavy (non-hydrogen) atoms. The van der Waals surface area contributed by atoms with E-state index >= 15 is 0 Å². The van der Waals surface area contributed by atoms with E-state index in [4.69, 9.17) is 11.6 Å². The Hall–Kier alpha value is -2.05. The SMILES string of the molecule is Cc1ccc(N(CC(=O)N(C)Cc2ccccc2)S(C)(=O)=O)cc1Cl. The van der Waals surface area contributed by atoms with E-state index in [1.807, 2.05) is 37.3 Å². The minimum atomic E-state index is -3.62. The lowest BCUT2D eigenvalue weighted by Crippen LogP contribution is -2.41. The average Bonchev–Trinajstić information content (AvgIpc) is 2.55. The van der Waals surface area contributed by atoms with Crippen LogP contribution in [0.3, 0.4) is 0 Å². The molecule has 2 aromatic carbocycles. The van der Waals surface area contributed by atoms with Gasteiger partial charge >= 0.3 is 0 Å². The quantitative estimate of drug-likeness (QED) is 0.773. The standard InChI is InChI=1S/C18H21ClN2O3S/c1-14-9-10-16(11-17(14)19)21(25(3,23)24)13-18(22)20(2)12-15-7-5-4-6-8-15/h4-11H,12-13H2,1-3H3. The number of likely N-dealkylation sites (N-methyl/N-ethyl adjacent to an activating group) is 1. The van der Waals surface area contributed by atoms with Crippen LogP contribution in [0.4, 0.5) is 5.69 Å². The third-order valence-electron chi connectivity index (χ3n) is 3.81. The molecule has 0 aliphatic rings. The Morgan fingerprint density at radius 3 is 2.32 bits per heavy atom. The Bertz CT molecular complexity index is 854. The maximum absolute atomic E-state index is 12.5. The molecule has 0 atom stereocenters. The number of sulfonamides is 1. The zero-order valence-electron chi connectivity index (χ0n) is 14.4. The highest BCUT2D eigenvalue weighted by Crippen LogP contribution is 2.25. The first kappa shape index (κ1) is 19.3. The summed E-state index contributed by atoms with van der Waals surface area (Å²) >= 11 is 6.10. The molecule has 0 saturated heterocycles. The van der Waals surface area contributed by atoms with E-state index < -0.39 is 10.0 Å². The van der Waals surface area contributed by atoms with E-state index in [1.165, 1.54) is 4.90 Å². The van der Waals surface area contributed by atoms with Gasteiger partial charge in [-0.05, 0) is 30.2 Å². The fourth-order valence-electron chi connectivity index (χ4n) is 2.33. The molecule has 0 aliphatic carbocycles. The van der Waals surface area contributed by atoms with Gasteiger partial charge in [-0.2, -0.15) is 0 Å². The number of hydrogen-bond acceptors (Lipinski definition) is 3. The van der Waals surface area contributed by atoms with Gasteiger partial charge in [0.05, 0.1) is 11.9 Å². The number of rotatable bonds is 6. The van der Waals surface area contributed by atoms with Gasteiger partial charge in [-0.1, -0.05) is 48.0 Å². The highest BCUT2D eigenvalue weighted by molar-refractivity contribution is 7.92. The average molecular weight is 381 g/mol. The third-order valence-corrected chi connectivity index (χ3v) is 5.36. The molecule has 134 valence electrons. The predicted octanol–water partition coefficient (Wildman–Crippen LogP) is 3.07. The summed E-state index contributed by atoms with van der Waals surface area (Å²) in [5.41, 5.74) is 2.19. The summed E-state index contributed by atoms with van der Waals surface area (Å²) in [5.74, 6) is -0.300. The second-order valence-electron chi connectivity index (χ2n) is 5.94. The van der Waals surface area contributed by atoms with Crippen molar-refractivity contribution < 1.29 is 13.2 Å². The second kappa shape index (κ2) is 7.89. The third kappa shape index (κ3) is 5.21. The number of aryl methyl sites for hydroxylation is 1. The van der Waals surface area contributed by atoms with Crippen LogP contribution in [0.15, 0.2) is 48.5 Å². The molecule has 0 unspecified atom stereocenters. The van der Waals surface area contributed by atoms with Gasteiger partial charge < -0.3 is 4.90 Å². The monoisotopic (exact) mass is 380 g/mol. The number of carbonyl (C=O) groups excluding carboxylic acids is 1. The molecule has 0 saturated carbocycles. The largest absolute Gasteiger partial charge is 0.340 e. The van der Waals surface area contributed by atoms with E-state index in [9.17, 15) is 13.2 Å². The number of halogens is 1. The molecule has 7 heteroatoms. The van der Waals surface area contributed by atoms with Crippen LogP contribution in [0, 0.1) is 6.92 Å². The van der Waals surface area contributed by atoms with Gasteiger partial charge in [0, 0.05) is 18.6 Å². The van der Waals surface area contributed by atoms with Crippen molar-refractivity contribution in [1.29, 1.82) is 0 Å². The number of amides is 1. The molecule has 0 aliphatic heterocycles. The summed E-state index contributed by atoms with van der Waals surface area (Å²) in [6, 6.07) is 14.5. The highest BCUT2D eigenvalue weighted by atomic mass is 35.5. The molecule has 1 amide bonds. The van der Waals surface area contributed by atoms with Gasteiger partial charge in [0.25, 0.3) is 0 Å². The van der Waals surface area contributed by atoms with Gasteiger partial charge in [0.15, 0.2) is 0 Å². The summed E-state index contributed by atoms with van der Waals surface area (Å²) in [4.78, 5) is 14.0. The van der Waals surface area contributed by atoms with Crippen molar-refractivity contribution >= 4 is 33.2 Å². The first-order valence-corrected chi connectivity index (χ1v) is 9.93. The van der Waals surface area contributed by atoms with E-state index in [1.54, 1.807) is 25.2 Å². The van der Waals surface area contributed by atoms with E-state index in [-0.39, 0.29) is 12.5 Å².